The predicted molar refractivity (Wildman–Crippen MR) is 127 cm³/mol. The van der Waals surface area contributed by atoms with Gasteiger partial charge in [-0.15, -0.1) is 11.8 Å². The van der Waals surface area contributed by atoms with Crippen molar-refractivity contribution in [2.45, 2.75) is 50.0 Å². The summed E-state index contributed by atoms with van der Waals surface area (Å²) in [4.78, 5) is 6.96. The number of nitrogens with zero attached hydrogens (tertiary/aromatic N) is 2. The topological polar surface area (TPSA) is 36.4 Å². The molecule has 1 fully saturated rings. The van der Waals surface area contributed by atoms with E-state index in [9.17, 15) is 5.11 Å². The average molecular weight is 419 g/mol. The molecule has 0 aliphatic carbocycles. The van der Waals surface area contributed by atoms with Crippen molar-refractivity contribution in [2.75, 3.05) is 18.0 Å². The van der Waals surface area contributed by atoms with Crippen LogP contribution in [0.25, 0.3) is 11.1 Å². The zero-order chi connectivity index (χ0) is 21.1. The molecule has 30 heavy (non-hydrogen) atoms. The summed E-state index contributed by atoms with van der Waals surface area (Å²) in [5.74, 6) is 0.463. The second-order valence-electron chi connectivity index (χ2n) is 8.39. The van der Waals surface area contributed by atoms with Gasteiger partial charge in [-0.2, -0.15) is 0 Å². The van der Waals surface area contributed by atoms with Gasteiger partial charge in [0.25, 0.3) is 0 Å². The van der Waals surface area contributed by atoms with Gasteiger partial charge in [-0.1, -0.05) is 50.2 Å². The summed E-state index contributed by atoms with van der Waals surface area (Å²) in [5.41, 5.74) is 7.14. The third-order valence-corrected chi connectivity index (χ3v) is 7.00. The average Bonchev–Trinajstić information content (AvgIpc) is 3.23. The van der Waals surface area contributed by atoms with E-state index in [1.54, 1.807) is 0 Å². The van der Waals surface area contributed by atoms with Gasteiger partial charge in [0.1, 0.15) is 0 Å². The van der Waals surface area contributed by atoms with Crippen LogP contribution in [0.5, 0.6) is 0 Å². The van der Waals surface area contributed by atoms with Gasteiger partial charge in [-0.3, -0.25) is 0 Å². The predicted octanol–water partition coefficient (Wildman–Crippen LogP) is 6.04. The lowest BCUT2D eigenvalue weighted by Crippen LogP contribution is -2.21. The molecule has 3 aromatic rings. The highest BCUT2D eigenvalue weighted by molar-refractivity contribution is 7.99. The fourth-order valence-electron chi connectivity index (χ4n) is 4.19. The number of hydrogen-bond acceptors (Lipinski definition) is 4. The second kappa shape index (κ2) is 9.23. The van der Waals surface area contributed by atoms with Crippen LogP contribution in [0, 0.1) is 6.92 Å². The molecule has 1 aliphatic rings. The summed E-state index contributed by atoms with van der Waals surface area (Å²) < 4.78 is 0. The first kappa shape index (κ1) is 21.0. The van der Waals surface area contributed by atoms with E-state index in [1.165, 1.54) is 22.3 Å². The van der Waals surface area contributed by atoms with Gasteiger partial charge in [0, 0.05) is 35.8 Å². The number of hydrogen-bond donors (Lipinski definition) is 1. The number of thioether (sulfide) groups is 1. The normalized spacial score (nSPS) is 16.4. The quantitative estimate of drug-likeness (QED) is 0.529. The number of aryl methyl sites for hydroxylation is 1. The van der Waals surface area contributed by atoms with Crippen molar-refractivity contribution in [3.05, 3.63) is 77.5 Å². The van der Waals surface area contributed by atoms with Gasteiger partial charge in [0.05, 0.1) is 11.6 Å². The third kappa shape index (κ3) is 4.55. The largest absolute Gasteiger partial charge is 0.392 e. The first-order chi connectivity index (χ1) is 14.5. The highest BCUT2D eigenvalue weighted by Gasteiger charge is 2.25. The summed E-state index contributed by atoms with van der Waals surface area (Å²) in [6.45, 7) is 8.57. The minimum absolute atomic E-state index is 0.0564. The minimum atomic E-state index is 0.0564. The van der Waals surface area contributed by atoms with Crippen LogP contribution in [0.1, 0.15) is 42.9 Å². The molecule has 1 aromatic heterocycles. The van der Waals surface area contributed by atoms with Crippen molar-refractivity contribution in [1.29, 1.82) is 0 Å². The van der Waals surface area contributed by atoms with E-state index in [2.05, 4.69) is 85.3 Å². The van der Waals surface area contributed by atoms with Crippen molar-refractivity contribution < 1.29 is 5.11 Å². The van der Waals surface area contributed by atoms with Gasteiger partial charge in [0.2, 0.25) is 0 Å². The molecule has 0 amide bonds. The highest BCUT2D eigenvalue weighted by atomic mass is 32.2. The Morgan fingerprint density at radius 1 is 1.13 bits per heavy atom. The van der Waals surface area contributed by atoms with Gasteiger partial charge < -0.3 is 10.0 Å². The summed E-state index contributed by atoms with van der Waals surface area (Å²) in [6.07, 6.45) is 3.07. The number of pyridine rings is 1. The first-order valence-corrected chi connectivity index (χ1v) is 11.6. The molecule has 1 saturated heterocycles. The lowest BCUT2D eigenvalue weighted by Gasteiger charge is -2.23. The van der Waals surface area contributed by atoms with E-state index >= 15 is 0 Å². The Kier molecular flexibility index (Phi) is 6.45. The maximum absolute atomic E-state index is 10.1. The molecule has 4 heteroatoms. The Hall–Kier alpha value is -2.30. The fraction of sp³-hybridized carbons (Fsp3) is 0.346. The van der Waals surface area contributed by atoms with Crippen LogP contribution < -0.4 is 4.90 Å². The zero-order valence-electron chi connectivity index (χ0n) is 18.0. The molecule has 2 aromatic carbocycles. The Bertz CT molecular complexity index is 1000. The number of anilines is 1. The lowest BCUT2D eigenvalue weighted by molar-refractivity contribution is 0.282. The van der Waals surface area contributed by atoms with Crippen LogP contribution in [0.3, 0.4) is 0 Å². The van der Waals surface area contributed by atoms with Gasteiger partial charge >= 0.3 is 0 Å². The maximum Gasteiger partial charge on any atom is 0.0963 e. The molecule has 0 radical (unpaired) electrons. The van der Waals surface area contributed by atoms with Gasteiger partial charge in [-0.25, -0.2) is 4.98 Å². The van der Waals surface area contributed by atoms with Crippen molar-refractivity contribution >= 4 is 17.4 Å². The Labute approximate surface area is 184 Å². The Morgan fingerprint density at radius 2 is 1.97 bits per heavy atom. The number of aliphatic hydroxyl groups excluding tert-OH is 1. The summed E-state index contributed by atoms with van der Waals surface area (Å²) in [5, 5.41) is 11.7. The molecule has 4 rings (SSSR count). The second-order valence-corrected chi connectivity index (χ2v) is 9.71. The van der Waals surface area contributed by atoms with E-state index in [4.69, 9.17) is 0 Å². The van der Waals surface area contributed by atoms with Crippen LogP contribution >= 0.6 is 11.8 Å². The molecule has 156 valence electrons. The Morgan fingerprint density at radius 3 is 2.70 bits per heavy atom. The summed E-state index contributed by atoms with van der Waals surface area (Å²) in [7, 11) is 0. The molecule has 1 aliphatic heterocycles. The van der Waals surface area contributed by atoms with Crippen LogP contribution in [0.15, 0.2) is 65.8 Å². The number of benzene rings is 2. The summed E-state index contributed by atoms with van der Waals surface area (Å²) in [6, 6.07) is 19.4. The molecule has 0 saturated carbocycles. The lowest BCUT2D eigenvalue weighted by atomic mass is 9.91. The molecular formula is C26H30N2OS. The van der Waals surface area contributed by atoms with E-state index in [1.807, 2.05) is 18.0 Å². The van der Waals surface area contributed by atoms with Gasteiger partial charge in [0.15, 0.2) is 0 Å². The molecule has 0 unspecified atom stereocenters. The first-order valence-electron chi connectivity index (χ1n) is 10.7. The van der Waals surface area contributed by atoms with Crippen molar-refractivity contribution in [2.24, 2.45) is 0 Å². The molecule has 3 nitrogen and oxygen atoms in total. The monoisotopic (exact) mass is 418 g/mol. The van der Waals surface area contributed by atoms with Crippen molar-refractivity contribution in [3.63, 3.8) is 0 Å². The zero-order valence-corrected chi connectivity index (χ0v) is 18.8. The standard InChI is InChI=1S/C26H30N2OS/c1-18(2)23-6-4-5-7-24(23)20-9-10-25(21(14-20)17-29)28-13-12-22(16-28)30-26-11-8-19(3)15-27-26/h4-11,14-15,18,22,29H,12-13,16-17H2,1-3H3/t22-/m0/s1. The molecule has 0 bridgehead atoms. The van der Waals surface area contributed by atoms with E-state index < -0.39 is 0 Å². The number of aromatic nitrogens is 1. The highest BCUT2D eigenvalue weighted by Crippen LogP contribution is 2.36. The third-order valence-electron chi connectivity index (χ3n) is 5.80. The Balaban J connectivity index is 1.53. The molecular weight excluding hydrogens is 388 g/mol. The molecule has 1 N–H and O–H groups in total. The van der Waals surface area contributed by atoms with Gasteiger partial charge in [-0.05, 0) is 59.7 Å². The van der Waals surface area contributed by atoms with Crippen LogP contribution in [-0.4, -0.2) is 28.4 Å². The van der Waals surface area contributed by atoms with Crippen molar-refractivity contribution in [1.82, 2.24) is 4.98 Å². The molecule has 0 spiro atoms. The van der Waals surface area contributed by atoms with Crippen LogP contribution in [0.4, 0.5) is 5.69 Å². The minimum Gasteiger partial charge on any atom is -0.392 e. The van der Waals surface area contributed by atoms with Crippen LogP contribution in [-0.2, 0) is 6.61 Å². The van der Waals surface area contributed by atoms with Crippen molar-refractivity contribution in [3.8, 4) is 11.1 Å². The fourth-order valence-corrected chi connectivity index (χ4v) is 5.27. The number of aliphatic hydroxyl groups is 1. The molecule has 2 heterocycles. The van der Waals surface area contributed by atoms with E-state index in [0.717, 1.165) is 35.8 Å². The smallest absolute Gasteiger partial charge is 0.0963 e. The van der Waals surface area contributed by atoms with Crippen LogP contribution in [0.2, 0.25) is 0 Å². The summed E-state index contributed by atoms with van der Waals surface area (Å²) >= 11 is 1.86. The SMILES string of the molecule is Cc1ccc(S[C@H]2CCN(c3ccc(-c4ccccc4C(C)C)cc3CO)C2)nc1. The van der Waals surface area contributed by atoms with E-state index in [0.29, 0.717) is 11.2 Å². The molecule has 1 atom stereocenters. The van der Waals surface area contributed by atoms with E-state index in [-0.39, 0.29) is 6.61 Å². The maximum atomic E-state index is 10.1. The number of rotatable bonds is 6.